The molecule has 4 nitrogen and oxygen atoms in total. The predicted molar refractivity (Wildman–Crippen MR) is 150 cm³/mol. The zero-order valence-electron chi connectivity index (χ0n) is 20.0. The number of aryl methyl sites for hydroxylation is 1. The van der Waals surface area contributed by atoms with Crippen molar-refractivity contribution in [3.8, 4) is 0 Å². The van der Waals surface area contributed by atoms with Crippen LogP contribution in [0.3, 0.4) is 0 Å². The van der Waals surface area contributed by atoms with Gasteiger partial charge in [0.1, 0.15) is 5.54 Å². The Kier molecular flexibility index (Phi) is 6.03. The average Bonchev–Trinajstić information content (AvgIpc) is 3.40. The molecule has 2 heterocycles. The van der Waals surface area contributed by atoms with Crippen LogP contribution in [0.15, 0.2) is 102 Å². The summed E-state index contributed by atoms with van der Waals surface area (Å²) in [5, 5.41) is 7.35. The van der Waals surface area contributed by atoms with Gasteiger partial charge in [0.25, 0.3) is 0 Å². The van der Waals surface area contributed by atoms with Gasteiger partial charge in [-0.1, -0.05) is 82.1 Å². The van der Waals surface area contributed by atoms with Crippen molar-refractivity contribution < 1.29 is 9.59 Å². The van der Waals surface area contributed by atoms with Gasteiger partial charge in [-0.25, -0.2) is 0 Å². The van der Waals surface area contributed by atoms with Gasteiger partial charge < -0.3 is 5.32 Å². The number of fused-ring (bicyclic) bond motifs is 2. The van der Waals surface area contributed by atoms with Gasteiger partial charge in [0, 0.05) is 38.3 Å². The van der Waals surface area contributed by atoms with Gasteiger partial charge in [-0.05, 0) is 66.1 Å². The van der Waals surface area contributed by atoms with Crippen LogP contribution < -0.4 is 10.6 Å². The van der Waals surface area contributed by atoms with E-state index in [9.17, 15) is 9.59 Å². The van der Waals surface area contributed by atoms with E-state index in [0.717, 1.165) is 26.7 Å². The van der Waals surface area contributed by atoms with Crippen LogP contribution >= 0.6 is 27.5 Å². The standard InChI is InChI=1S/C31H24BrClN2O2/c1-18-7-5-6-10-23(18)26-27(29(36)20-11-14-22(33)15-12-20)31(35-28(26)19-8-3-2-4-9-19)24-17-21(32)13-16-25(24)34-30(31)37/h2-17,26-28,35H,1H3,(H,34,37)/t26-,27?,28+,31?/m0/s1. The van der Waals surface area contributed by atoms with Crippen molar-refractivity contribution in [3.05, 3.63) is 134 Å². The minimum Gasteiger partial charge on any atom is -0.324 e. The molecule has 4 aromatic carbocycles. The number of ketones is 1. The molecule has 2 unspecified atom stereocenters. The fourth-order valence-electron chi connectivity index (χ4n) is 6.06. The summed E-state index contributed by atoms with van der Waals surface area (Å²) in [6.45, 7) is 2.06. The van der Waals surface area contributed by atoms with E-state index in [2.05, 4.69) is 57.8 Å². The van der Waals surface area contributed by atoms with Crippen LogP contribution in [0.25, 0.3) is 0 Å². The van der Waals surface area contributed by atoms with E-state index < -0.39 is 11.5 Å². The summed E-state index contributed by atoms with van der Waals surface area (Å²) in [5.74, 6) is -1.33. The van der Waals surface area contributed by atoms with Gasteiger partial charge >= 0.3 is 0 Å². The molecule has 1 spiro atoms. The summed E-state index contributed by atoms with van der Waals surface area (Å²) in [5.41, 5.74) is 3.90. The fourth-order valence-corrected chi connectivity index (χ4v) is 6.55. The number of rotatable bonds is 4. The first-order chi connectivity index (χ1) is 17.9. The molecule has 2 aliphatic rings. The number of hydrogen-bond donors (Lipinski definition) is 2. The third kappa shape index (κ3) is 3.84. The Bertz CT molecular complexity index is 1520. The van der Waals surface area contributed by atoms with Gasteiger partial charge in [-0.3, -0.25) is 14.9 Å². The smallest absolute Gasteiger partial charge is 0.250 e. The van der Waals surface area contributed by atoms with Crippen molar-refractivity contribution in [2.45, 2.75) is 24.4 Å². The van der Waals surface area contributed by atoms with Gasteiger partial charge in [0.15, 0.2) is 5.78 Å². The Labute approximate surface area is 229 Å². The summed E-state index contributed by atoms with van der Waals surface area (Å²) in [4.78, 5) is 28.6. The summed E-state index contributed by atoms with van der Waals surface area (Å²) >= 11 is 9.75. The summed E-state index contributed by atoms with van der Waals surface area (Å²) in [6, 6.07) is 30.6. The Balaban J connectivity index is 1.65. The van der Waals surface area contributed by atoms with Crippen molar-refractivity contribution >= 4 is 44.9 Å². The number of halogens is 2. The second-order valence-electron chi connectivity index (χ2n) is 9.72. The number of carbonyl (C=O) groups is 2. The maximum atomic E-state index is 14.6. The molecule has 0 saturated carbocycles. The molecule has 6 heteroatoms. The van der Waals surface area contributed by atoms with E-state index in [-0.39, 0.29) is 23.7 Å². The highest BCUT2D eigenvalue weighted by Gasteiger charge is 2.64. The number of Topliss-reactive ketones (excluding diaryl/α,β-unsaturated/α-hetero) is 1. The lowest BCUT2D eigenvalue weighted by atomic mass is 9.68. The predicted octanol–water partition coefficient (Wildman–Crippen LogP) is 7.19. The Morgan fingerprint density at radius 2 is 1.62 bits per heavy atom. The van der Waals surface area contributed by atoms with Crippen LogP contribution in [0.5, 0.6) is 0 Å². The van der Waals surface area contributed by atoms with E-state index in [0.29, 0.717) is 16.3 Å². The molecule has 0 aliphatic carbocycles. The molecule has 1 fully saturated rings. The molecular weight excluding hydrogens is 548 g/mol. The molecule has 1 saturated heterocycles. The van der Waals surface area contributed by atoms with Crippen molar-refractivity contribution in [3.63, 3.8) is 0 Å². The van der Waals surface area contributed by atoms with E-state index in [1.807, 2.05) is 48.5 Å². The molecule has 4 atom stereocenters. The minimum atomic E-state index is -1.26. The first-order valence-electron chi connectivity index (χ1n) is 12.2. The molecule has 0 radical (unpaired) electrons. The number of nitrogens with one attached hydrogen (secondary N) is 2. The van der Waals surface area contributed by atoms with Crippen LogP contribution in [0.2, 0.25) is 5.02 Å². The highest BCUT2D eigenvalue weighted by molar-refractivity contribution is 9.10. The van der Waals surface area contributed by atoms with Crippen LogP contribution in [0.1, 0.15) is 44.6 Å². The lowest BCUT2D eigenvalue weighted by Crippen LogP contribution is -2.50. The third-order valence-corrected chi connectivity index (χ3v) is 8.44. The zero-order valence-corrected chi connectivity index (χ0v) is 22.4. The highest BCUT2D eigenvalue weighted by atomic mass is 79.9. The second-order valence-corrected chi connectivity index (χ2v) is 11.1. The van der Waals surface area contributed by atoms with E-state index in [1.54, 1.807) is 24.3 Å². The Morgan fingerprint density at radius 3 is 2.35 bits per heavy atom. The van der Waals surface area contributed by atoms with Gasteiger partial charge in [-0.2, -0.15) is 0 Å². The maximum absolute atomic E-state index is 14.6. The van der Waals surface area contributed by atoms with Crippen molar-refractivity contribution in [2.24, 2.45) is 5.92 Å². The topological polar surface area (TPSA) is 58.2 Å². The minimum absolute atomic E-state index is 0.0983. The molecule has 6 rings (SSSR count). The monoisotopic (exact) mass is 570 g/mol. The highest BCUT2D eigenvalue weighted by Crippen LogP contribution is 2.58. The lowest BCUT2D eigenvalue weighted by Gasteiger charge is -2.31. The first-order valence-corrected chi connectivity index (χ1v) is 13.4. The summed E-state index contributed by atoms with van der Waals surface area (Å²) in [7, 11) is 0. The van der Waals surface area contributed by atoms with E-state index >= 15 is 0 Å². The lowest BCUT2D eigenvalue weighted by molar-refractivity contribution is -0.122. The molecule has 4 aromatic rings. The molecule has 2 N–H and O–H groups in total. The summed E-state index contributed by atoms with van der Waals surface area (Å²) in [6.07, 6.45) is 0. The summed E-state index contributed by atoms with van der Waals surface area (Å²) < 4.78 is 0.845. The molecular formula is C31H24BrClN2O2. The molecule has 2 aliphatic heterocycles. The second kappa shape index (κ2) is 9.25. The largest absolute Gasteiger partial charge is 0.324 e. The average molecular weight is 572 g/mol. The maximum Gasteiger partial charge on any atom is 0.250 e. The number of anilines is 1. The van der Waals surface area contributed by atoms with Crippen LogP contribution in [0, 0.1) is 12.8 Å². The van der Waals surface area contributed by atoms with E-state index in [4.69, 9.17) is 11.6 Å². The van der Waals surface area contributed by atoms with Gasteiger partial charge in [0.05, 0.1) is 5.92 Å². The van der Waals surface area contributed by atoms with E-state index in [1.165, 1.54) is 0 Å². The molecule has 0 aromatic heterocycles. The number of amides is 1. The number of hydrogen-bond acceptors (Lipinski definition) is 3. The van der Waals surface area contributed by atoms with Gasteiger partial charge in [-0.15, -0.1) is 0 Å². The van der Waals surface area contributed by atoms with Crippen LogP contribution in [0.4, 0.5) is 5.69 Å². The molecule has 0 bridgehead atoms. The van der Waals surface area contributed by atoms with Crippen molar-refractivity contribution in [2.75, 3.05) is 5.32 Å². The van der Waals surface area contributed by atoms with Crippen molar-refractivity contribution in [1.82, 2.24) is 5.32 Å². The molecule has 1 amide bonds. The normalized spacial score (nSPS) is 24.2. The SMILES string of the molecule is Cc1ccccc1[C@H]1C(C(=O)c2ccc(Cl)cc2)C2(N[C@@H]1c1ccccc1)C(=O)Nc1ccc(Br)cc12. The Morgan fingerprint density at radius 1 is 0.919 bits per heavy atom. The van der Waals surface area contributed by atoms with Crippen molar-refractivity contribution in [1.29, 1.82) is 0 Å². The number of benzene rings is 4. The zero-order chi connectivity index (χ0) is 25.7. The fraction of sp³-hybridized carbons (Fsp3) is 0.161. The van der Waals surface area contributed by atoms with Gasteiger partial charge in [0.2, 0.25) is 5.91 Å². The quantitative estimate of drug-likeness (QED) is 0.255. The number of carbonyl (C=O) groups excluding carboxylic acids is 2. The van der Waals surface area contributed by atoms with Crippen LogP contribution in [-0.2, 0) is 10.3 Å². The van der Waals surface area contributed by atoms with Crippen LogP contribution in [-0.4, -0.2) is 11.7 Å². The first kappa shape index (κ1) is 24.1. The molecule has 37 heavy (non-hydrogen) atoms. The third-order valence-electron chi connectivity index (χ3n) is 7.70. The Hall–Kier alpha value is -3.25. The molecule has 184 valence electrons.